The summed E-state index contributed by atoms with van der Waals surface area (Å²) in [6.07, 6.45) is 4.77. The van der Waals surface area contributed by atoms with Gasteiger partial charge in [0.25, 0.3) is 5.91 Å². The van der Waals surface area contributed by atoms with Crippen molar-refractivity contribution in [2.45, 2.75) is 19.1 Å². The molecule has 0 bridgehead atoms. The zero-order chi connectivity index (χ0) is 25.6. The van der Waals surface area contributed by atoms with E-state index in [9.17, 15) is 9.59 Å². The second kappa shape index (κ2) is 11.1. The largest absolute Gasteiger partial charge is 0.480 e. The van der Waals surface area contributed by atoms with Crippen LogP contribution >= 0.6 is 0 Å². The molecule has 0 radical (unpaired) electrons. The predicted molar refractivity (Wildman–Crippen MR) is 132 cm³/mol. The highest BCUT2D eigenvalue weighted by Gasteiger charge is 2.33. The van der Waals surface area contributed by atoms with Gasteiger partial charge in [-0.3, -0.25) is 19.7 Å². The van der Waals surface area contributed by atoms with E-state index in [2.05, 4.69) is 30.6 Å². The van der Waals surface area contributed by atoms with Crippen molar-refractivity contribution in [3.8, 4) is 22.9 Å². The maximum absolute atomic E-state index is 12.4. The molecule has 0 aliphatic carbocycles. The third kappa shape index (κ3) is 5.90. The lowest BCUT2D eigenvalue weighted by atomic mass is 10.1. The van der Waals surface area contributed by atoms with E-state index >= 15 is 0 Å². The van der Waals surface area contributed by atoms with E-state index in [4.69, 9.17) is 19.9 Å². The van der Waals surface area contributed by atoms with Gasteiger partial charge in [0.05, 0.1) is 30.3 Å². The molecule has 1 atom stereocenters. The summed E-state index contributed by atoms with van der Waals surface area (Å²) in [5.74, 6) is 1.29. The maximum atomic E-state index is 12.4. The normalized spacial score (nSPS) is 16.6. The standard InChI is InChI=1S/C24H26N8O5/c25-5-8-35-22-12-27-11-18(29-22)15-3-7-28-16(9-15)10-26-6-4-17-13-32(24(34)37-17)20-2-1-19-23(30-20)31-21(33)14-36-19/h1-3,7,9,11-12,17,26H,4-6,8,10,13-14,25H2,(H,30,31,33)/t17-/m0/s1. The van der Waals surface area contributed by atoms with Gasteiger partial charge in [0.2, 0.25) is 5.88 Å². The minimum Gasteiger partial charge on any atom is -0.480 e. The highest BCUT2D eigenvalue weighted by Crippen LogP contribution is 2.30. The number of ether oxygens (including phenoxy) is 3. The van der Waals surface area contributed by atoms with Crippen LogP contribution in [0, 0.1) is 0 Å². The molecule has 5 heterocycles. The number of nitrogens with zero attached hydrogens (tertiary/aromatic N) is 5. The topological polar surface area (TPSA) is 167 Å². The Hall–Kier alpha value is -4.36. The van der Waals surface area contributed by atoms with E-state index in [-0.39, 0.29) is 18.6 Å². The van der Waals surface area contributed by atoms with Gasteiger partial charge in [0, 0.05) is 24.8 Å². The van der Waals surface area contributed by atoms with E-state index < -0.39 is 6.09 Å². The smallest absolute Gasteiger partial charge is 0.415 e. The second-order valence-electron chi connectivity index (χ2n) is 8.35. The Morgan fingerprint density at radius 3 is 3.03 bits per heavy atom. The lowest BCUT2D eigenvalue weighted by molar-refractivity contribution is -0.118. The number of aromatic nitrogens is 4. The van der Waals surface area contributed by atoms with Gasteiger partial charge in [-0.05, 0) is 37.2 Å². The van der Waals surface area contributed by atoms with Crippen molar-refractivity contribution < 1.29 is 23.8 Å². The summed E-state index contributed by atoms with van der Waals surface area (Å²) in [4.78, 5) is 42.8. The summed E-state index contributed by atoms with van der Waals surface area (Å²) in [5.41, 5.74) is 7.86. The van der Waals surface area contributed by atoms with Crippen molar-refractivity contribution in [1.82, 2.24) is 25.3 Å². The van der Waals surface area contributed by atoms with Gasteiger partial charge in [-0.25, -0.2) is 14.8 Å². The number of nitrogens with one attached hydrogen (secondary N) is 2. The van der Waals surface area contributed by atoms with E-state index in [0.29, 0.717) is 68.2 Å². The quantitative estimate of drug-likeness (QED) is 0.337. The first kappa shape index (κ1) is 24.3. The van der Waals surface area contributed by atoms with Gasteiger partial charge in [0.1, 0.15) is 18.5 Å². The summed E-state index contributed by atoms with van der Waals surface area (Å²) in [7, 11) is 0. The molecule has 37 heavy (non-hydrogen) atoms. The van der Waals surface area contributed by atoms with Crippen LogP contribution in [0.1, 0.15) is 12.1 Å². The van der Waals surface area contributed by atoms with Crippen molar-refractivity contribution in [3.63, 3.8) is 0 Å². The molecule has 5 rings (SSSR count). The van der Waals surface area contributed by atoms with Crippen LogP contribution in [0.5, 0.6) is 11.6 Å². The van der Waals surface area contributed by atoms with Crippen LogP contribution in [0.4, 0.5) is 16.4 Å². The molecule has 0 unspecified atom stereocenters. The maximum Gasteiger partial charge on any atom is 0.415 e. The predicted octanol–water partition coefficient (Wildman–Crippen LogP) is 1.11. The fourth-order valence-electron chi connectivity index (χ4n) is 3.90. The number of nitrogens with two attached hydrogens (primary N) is 1. The van der Waals surface area contributed by atoms with E-state index in [0.717, 1.165) is 11.3 Å². The monoisotopic (exact) mass is 506 g/mol. The third-order valence-corrected chi connectivity index (χ3v) is 5.65. The number of rotatable bonds is 10. The fourth-order valence-corrected chi connectivity index (χ4v) is 3.90. The number of carbonyl (C=O) groups is 2. The lowest BCUT2D eigenvalue weighted by Crippen LogP contribution is -2.29. The molecule has 1 saturated heterocycles. The summed E-state index contributed by atoms with van der Waals surface area (Å²) in [5, 5.41) is 5.98. The molecule has 3 aromatic heterocycles. The summed E-state index contributed by atoms with van der Waals surface area (Å²) < 4.78 is 16.3. The average molecular weight is 507 g/mol. The first-order valence-electron chi connectivity index (χ1n) is 11.8. The number of amides is 2. The van der Waals surface area contributed by atoms with Crippen molar-refractivity contribution in [2.24, 2.45) is 5.73 Å². The van der Waals surface area contributed by atoms with Crippen LogP contribution in [0.25, 0.3) is 11.3 Å². The Kier molecular flexibility index (Phi) is 7.33. The van der Waals surface area contributed by atoms with E-state index in [1.54, 1.807) is 30.7 Å². The second-order valence-corrected chi connectivity index (χ2v) is 8.35. The van der Waals surface area contributed by atoms with Gasteiger partial charge in [0.15, 0.2) is 18.2 Å². The molecule has 2 aliphatic rings. The van der Waals surface area contributed by atoms with Crippen LogP contribution in [0.3, 0.4) is 0 Å². The number of fused-ring (bicyclic) bond motifs is 1. The number of pyridine rings is 2. The minimum absolute atomic E-state index is 0.0554. The molecule has 13 heteroatoms. The van der Waals surface area contributed by atoms with Crippen molar-refractivity contribution >= 4 is 23.6 Å². The number of carbonyl (C=O) groups excluding carboxylic acids is 2. The van der Waals surface area contributed by atoms with Gasteiger partial charge >= 0.3 is 6.09 Å². The van der Waals surface area contributed by atoms with E-state index in [1.165, 1.54) is 4.90 Å². The van der Waals surface area contributed by atoms with Gasteiger partial charge in [-0.2, -0.15) is 0 Å². The molecule has 3 aromatic rings. The zero-order valence-corrected chi connectivity index (χ0v) is 19.9. The van der Waals surface area contributed by atoms with E-state index in [1.807, 2.05) is 12.1 Å². The molecule has 1 fully saturated rings. The van der Waals surface area contributed by atoms with Crippen LogP contribution in [0.15, 0.2) is 42.9 Å². The Morgan fingerprint density at radius 1 is 1.22 bits per heavy atom. The Bertz CT molecular complexity index is 1290. The molecular formula is C24H26N8O5. The Morgan fingerprint density at radius 2 is 2.14 bits per heavy atom. The van der Waals surface area contributed by atoms with Crippen LogP contribution in [-0.4, -0.2) is 70.9 Å². The molecule has 4 N–H and O–H groups in total. The number of hydrogen-bond donors (Lipinski definition) is 3. The van der Waals surface area contributed by atoms with Gasteiger partial charge in [-0.1, -0.05) is 0 Å². The molecule has 0 saturated carbocycles. The SMILES string of the molecule is NCCOc1cncc(-c2ccnc(CNCC[C@H]3CN(c4ccc5c(n4)NC(=O)CO5)C(=O)O3)c2)n1. The highest BCUT2D eigenvalue weighted by molar-refractivity contribution is 5.95. The average Bonchev–Trinajstić information content (AvgIpc) is 3.30. The van der Waals surface area contributed by atoms with Crippen LogP contribution in [-0.2, 0) is 16.1 Å². The Balaban J connectivity index is 1.12. The number of hydrogen-bond acceptors (Lipinski definition) is 11. The summed E-state index contributed by atoms with van der Waals surface area (Å²) in [6.45, 7) is 2.21. The number of cyclic esters (lactones) is 1. The first-order chi connectivity index (χ1) is 18.1. The summed E-state index contributed by atoms with van der Waals surface area (Å²) >= 11 is 0. The summed E-state index contributed by atoms with van der Waals surface area (Å²) in [6, 6.07) is 7.14. The molecule has 2 amide bonds. The molecule has 0 aromatic carbocycles. The fraction of sp³-hybridized carbons (Fsp3) is 0.333. The van der Waals surface area contributed by atoms with Crippen LogP contribution < -0.4 is 30.7 Å². The molecule has 192 valence electrons. The molecular weight excluding hydrogens is 480 g/mol. The molecule has 2 aliphatic heterocycles. The van der Waals surface area contributed by atoms with Gasteiger partial charge in [-0.15, -0.1) is 0 Å². The van der Waals surface area contributed by atoms with Gasteiger partial charge < -0.3 is 30.6 Å². The highest BCUT2D eigenvalue weighted by atomic mass is 16.6. The van der Waals surface area contributed by atoms with Crippen LogP contribution in [0.2, 0.25) is 0 Å². The first-order valence-corrected chi connectivity index (χ1v) is 11.8. The van der Waals surface area contributed by atoms with Crippen molar-refractivity contribution in [3.05, 3.63) is 48.5 Å². The van der Waals surface area contributed by atoms with Crippen molar-refractivity contribution in [1.29, 1.82) is 0 Å². The molecule has 0 spiro atoms. The molecule has 13 nitrogen and oxygen atoms in total. The Labute approximate surface area is 212 Å². The zero-order valence-electron chi connectivity index (χ0n) is 19.9. The number of anilines is 2. The lowest BCUT2D eigenvalue weighted by Gasteiger charge is -2.19. The van der Waals surface area contributed by atoms with Crippen molar-refractivity contribution in [2.75, 3.05) is 43.1 Å². The third-order valence-electron chi connectivity index (χ3n) is 5.65. The minimum atomic E-state index is -0.478.